The van der Waals surface area contributed by atoms with Crippen molar-refractivity contribution in [2.75, 3.05) is 11.1 Å². The lowest BCUT2D eigenvalue weighted by Gasteiger charge is -2.03. The zero-order valence-corrected chi connectivity index (χ0v) is 12.8. The molecule has 23 heavy (non-hydrogen) atoms. The molecule has 0 radical (unpaired) electrons. The Labute approximate surface area is 136 Å². The fraction of sp³-hybridized carbons (Fsp3) is 0.0625. The highest BCUT2D eigenvalue weighted by molar-refractivity contribution is 7.99. The highest BCUT2D eigenvalue weighted by Gasteiger charge is 2.11. The number of hydrogen-bond donors (Lipinski definition) is 2. The van der Waals surface area contributed by atoms with Crippen molar-refractivity contribution in [2.45, 2.75) is 5.16 Å². The molecule has 0 aliphatic rings. The number of aromatic amines is 1. The smallest absolute Gasteiger partial charge is 0.234 e. The molecular weight excluding hydrogens is 315 g/mol. The van der Waals surface area contributed by atoms with Gasteiger partial charge in [0.1, 0.15) is 5.82 Å². The summed E-state index contributed by atoms with van der Waals surface area (Å²) in [7, 11) is 0. The Balaban J connectivity index is 1.59. The van der Waals surface area contributed by atoms with Crippen LogP contribution in [0.1, 0.15) is 0 Å². The first-order valence-corrected chi connectivity index (χ1v) is 7.86. The van der Waals surface area contributed by atoms with Crippen LogP contribution in [0, 0.1) is 5.82 Å². The first-order valence-electron chi connectivity index (χ1n) is 6.87. The van der Waals surface area contributed by atoms with E-state index < -0.39 is 0 Å². The molecule has 5 nitrogen and oxygen atoms in total. The molecule has 0 saturated carbocycles. The molecule has 0 spiro atoms. The average molecular weight is 328 g/mol. The number of nitrogens with one attached hydrogen (secondary N) is 2. The maximum absolute atomic E-state index is 13.7. The van der Waals surface area contributed by atoms with Crippen LogP contribution < -0.4 is 5.32 Å². The summed E-state index contributed by atoms with van der Waals surface area (Å²) in [6.45, 7) is 0. The number of rotatable bonds is 5. The van der Waals surface area contributed by atoms with E-state index in [9.17, 15) is 9.18 Å². The maximum atomic E-state index is 13.7. The number of aromatic nitrogens is 3. The molecule has 1 amide bonds. The number of para-hydroxylation sites is 1. The van der Waals surface area contributed by atoms with Crippen molar-refractivity contribution in [2.24, 2.45) is 0 Å². The van der Waals surface area contributed by atoms with Crippen LogP contribution in [0.3, 0.4) is 0 Å². The molecule has 7 heteroatoms. The number of hydrogen-bond acceptors (Lipinski definition) is 4. The van der Waals surface area contributed by atoms with Crippen molar-refractivity contribution in [1.82, 2.24) is 15.2 Å². The first kappa shape index (κ1) is 15.2. The Kier molecular flexibility index (Phi) is 4.68. The monoisotopic (exact) mass is 328 g/mol. The van der Waals surface area contributed by atoms with Crippen molar-refractivity contribution in [3.05, 3.63) is 60.4 Å². The van der Waals surface area contributed by atoms with E-state index in [4.69, 9.17) is 0 Å². The van der Waals surface area contributed by atoms with Gasteiger partial charge in [0.2, 0.25) is 5.91 Å². The average Bonchev–Trinajstić information content (AvgIpc) is 3.03. The van der Waals surface area contributed by atoms with Gasteiger partial charge in [-0.1, -0.05) is 42.1 Å². The van der Waals surface area contributed by atoms with E-state index in [1.165, 1.54) is 17.8 Å². The minimum atomic E-state index is -0.373. The Bertz CT molecular complexity index is 807. The molecule has 0 atom stereocenters. The number of carbonyl (C=O) groups is 1. The van der Waals surface area contributed by atoms with E-state index >= 15 is 0 Å². The van der Waals surface area contributed by atoms with Gasteiger partial charge in [-0.25, -0.2) is 4.39 Å². The van der Waals surface area contributed by atoms with E-state index in [2.05, 4.69) is 20.5 Å². The summed E-state index contributed by atoms with van der Waals surface area (Å²) in [4.78, 5) is 14.8. The summed E-state index contributed by atoms with van der Waals surface area (Å²) in [5.41, 5.74) is 1.09. The normalized spacial score (nSPS) is 10.5. The molecule has 2 aromatic carbocycles. The lowest BCUT2D eigenvalue weighted by Crippen LogP contribution is -2.13. The number of nitrogens with zero attached hydrogens (tertiary/aromatic N) is 2. The molecule has 1 aromatic heterocycles. The van der Waals surface area contributed by atoms with Gasteiger partial charge in [0.05, 0.1) is 11.3 Å². The third kappa shape index (κ3) is 3.95. The van der Waals surface area contributed by atoms with E-state index in [1.54, 1.807) is 18.2 Å². The predicted molar refractivity (Wildman–Crippen MR) is 87.6 cm³/mol. The highest BCUT2D eigenvalue weighted by atomic mass is 32.2. The standard InChI is InChI=1S/C16H13FN4OS/c17-13-9-5-4-8-12(13)15-19-16(21-20-15)23-10-14(22)18-11-6-2-1-3-7-11/h1-9H,10H2,(H,18,22)(H,19,20,21). The summed E-state index contributed by atoms with van der Waals surface area (Å²) >= 11 is 1.21. The van der Waals surface area contributed by atoms with Crippen LogP contribution in [-0.4, -0.2) is 26.8 Å². The summed E-state index contributed by atoms with van der Waals surface area (Å²) in [5, 5.41) is 11.1. The van der Waals surface area contributed by atoms with Crippen LogP contribution >= 0.6 is 11.8 Å². The zero-order valence-electron chi connectivity index (χ0n) is 12.0. The highest BCUT2D eigenvalue weighted by Crippen LogP contribution is 2.21. The zero-order chi connectivity index (χ0) is 16.1. The number of thioether (sulfide) groups is 1. The topological polar surface area (TPSA) is 70.7 Å². The lowest BCUT2D eigenvalue weighted by atomic mass is 10.2. The summed E-state index contributed by atoms with van der Waals surface area (Å²) in [6.07, 6.45) is 0. The predicted octanol–water partition coefficient (Wildman–Crippen LogP) is 3.34. The third-order valence-electron chi connectivity index (χ3n) is 2.99. The molecule has 3 rings (SSSR count). The van der Waals surface area contributed by atoms with E-state index in [0.29, 0.717) is 16.5 Å². The fourth-order valence-electron chi connectivity index (χ4n) is 1.94. The second kappa shape index (κ2) is 7.06. The van der Waals surface area contributed by atoms with Crippen LogP contribution in [0.2, 0.25) is 0 Å². The second-order valence-electron chi connectivity index (χ2n) is 4.66. The minimum absolute atomic E-state index is 0.148. The van der Waals surface area contributed by atoms with Gasteiger partial charge in [-0.3, -0.25) is 4.79 Å². The Hall–Kier alpha value is -2.67. The number of H-pyrrole nitrogens is 1. The number of anilines is 1. The molecule has 2 N–H and O–H groups in total. The van der Waals surface area contributed by atoms with Crippen molar-refractivity contribution < 1.29 is 9.18 Å². The van der Waals surface area contributed by atoms with Gasteiger partial charge >= 0.3 is 0 Å². The Morgan fingerprint density at radius 1 is 1.09 bits per heavy atom. The number of carbonyl (C=O) groups excluding carboxylic acids is 1. The summed E-state index contributed by atoms with van der Waals surface area (Å²) in [5.74, 6) is 0.00184. The van der Waals surface area contributed by atoms with Crippen molar-refractivity contribution in [1.29, 1.82) is 0 Å². The quantitative estimate of drug-likeness (QED) is 0.705. The molecule has 1 heterocycles. The summed E-state index contributed by atoms with van der Waals surface area (Å²) < 4.78 is 13.7. The van der Waals surface area contributed by atoms with Gasteiger partial charge in [-0.2, -0.15) is 0 Å². The minimum Gasteiger partial charge on any atom is -0.325 e. The summed E-state index contributed by atoms with van der Waals surface area (Å²) in [6, 6.07) is 15.5. The molecule has 0 fully saturated rings. The van der Waals surface area contributed by atoms with Crippen LogP contribution in [0.25, 0.3) is 11.4 Å². The van der Waals surface area contributed by atoms with Gasteiger partial charge in [-0.15, -0.1) is 10.2 Å². The lowest BCUT2D eigenvalue weighted by molar-refractivity contribution is -0.113. The third-order valence-corrected chi connectivity index (χ3v) is 3.86. The maximum Gasteiger partial charge on any atom is 0.234 e. The van der Waals surface area contributed by atoms with E-state index in [0.717, 1.165) is 5.69 Å². The van der Waals surface area contributed by atoms with E-state index in [-0.39, 0.29) is 17.5 Å². The molecular formula is C16H13FN4OS. The number of benzene rings is 2. The van der Waals surface area contributed by atoms with Gasteiger partial charge in [0.15, 0.2) is 11.0 Å². The van der Waals surface area contributed by atoms with Crippen LogP contribution in [0.4, 0.5) is 10.1 Å². The van der Waals surface area contributed by atoms with Crippen molar-refractivity contribution in [3.8, 4) is 11.4 Å². The molecule has 0 bridgehead atoms. The van der Waals surface area contributed by atoms with E-state index in [1.807, 2.05) is 30.3 Å². The van der Waals surface area contributed by atoms with Gasteiger partial charge < -0.3 is 10.3 Å². The first-order chi connectivity index (χ1) is 11.2. The number of halogens is 1. The Morgan fingerprint density at radius 3 is 2.61 bits per heavy atom. The molecule has 0 aliphatic heterocycles. The SMILES string of the molecule is O=C(CSc1nnc(-c2ccccc2F)[nH]1)Nc1ccccc1. The van der Waals surface area contributed by atoms with Gasteiger partial charge in [0, 0.05) is 5.69 Å². The Morgan fingerprint density at radius 2 is 1.83 bits per heavy atom. The van der Waals surface area contributed by atoms with Crippen LogP contribution in [0.5, 0.6) is 0 Å². The molecule has 0 saturated heterocycles. The fourth-order valence-corrected chi connectivity index (χ4v) is 2.55. The number of amides is 1. The van der Waals surface area contributed by atoms with Crippen molar-refractivity contribution in [3.63, 3.8) is 0 Å². The molecule has 116 valence electrons. The molecule has 0 aliphatic carbocycles. The largest absolute Gasteiger partial charge is 0.325 e. The van der Waals surface area contributed by atoms with Crippen LogP contribution in [-0.2, 0) is 4.79 Å². The van der Waals surface area contributed by atoms with Crippen LogP contribution in [0.15, 0.2) is 59.8 Å². The molecule has 3 aromatic rings. The molecule has 0 unspecified atom stereocenters. The second-order valence-corrected chi connectivity index (χ2v) is 5.63. The van der Waals surface area contributed by atoms with Gasteiger partial charge in [0.25, 0.3) is 0 Å². The van der Waals surface area contributed by atoms with Gasteiger partial charge in [-0.05, 0) is 24.3 Å². The van der Waals surface area contributed by atoms with Crippen molar-refractivity contribution >= 4 is 23.4 Å².